The van der Waals surface area contributed by atoms with Crippen LogP contribution < -0.4 is 5.32 Å². The molecule has 0 bridgehead atoms. The van der Waals surface area contributed by atoms with Crippen LogP contribution in [0.15, 0.2) is 76.6 Å². The predicted octanol–water partition coefficient (Wildman–Crippen LogP) is 6.14. The van der Waals surface area contributed by atoms with Crippen molar-refractivity contribution in [2.45, 2.75) is 42.0 Å². The van der Waals surface area contributed by atoms with Crippen LogP contribution in [-0.2, 0) is 15.4 Å². The molecule has 0 radical (unpaired) electrons. The third-order valence-corrected chi connectivity index (χ3v) is 9.15. The molecule has 0 spiro atoms. The van der Waals surface area contributed by atoms with Gasteiger partial charge in [0.1, 0.15) is 0 Å². The summed E-state index contributed by atoms with van der Waals surface area (Å²) >= 11 is 9.57. The summed E-state index contributed by atoms with van der Waals surface area (Å²) in [5, 5.41) is 4.19. The van der Waals surface area contributed by atoms with Crippen molar-refractivity contribution in [3.63, 3.8) is 0 Å². The predicted molar refractivity (Wildman–Crippen MR) is 131 cm³/mol. The molecule has 0 aromatic heterocycles. The quantitative estimate of drug-likeness (QED) is 0.445. The summed E-state index contributed by atoms with van der Waals surface area (Å²) in [6.45, 7) is 8.86. The van der Waals surface area contributed by atoms with Crippen LogP contribution in [0.25, 0.3) is 0 Å². The number of nitrogens with zero attached hydrogens (tertiary/aromatic N) is 1. The molecule has 0 saturated heterocycles. The highest BCUT2D eigenvalue weighted by molar-refractivity contribution is 9.10. The molecule has 2 aromatic carbocycles. The fraction of sp³-hybridized carbons (Fsp3) is 0.333. The number of nitrogens with one attached hydrogen (secondary N) is 1. The lowest BCUT2D eigenvalue weighted by atomic mass is 9.63. The lowest BCUT2D eigenvalue weighted by molar-refractivity contribution is 0.309. The van der Waals surface area contributed by atoms with Gasteiger partial charge in [0.25, 0.3) is 0 Å². The minimum Gasteiger partial charge on any atom is -0.381 e. The van der Waals surface area contributed by atoms with Crippen molar-refractivity contribution in [2.24, 2.45) is 0 Å². The lowest BCUT2D eigenvalue weighted by Gasteiger charge is -2.42. The SMILES string of the molecule is C=CCN(CCC12C(=C)CCCC1Nc1ccc(Br)cc12)S(=O)(=O)c1ccc(Cl)cc1. The number of fused-ring (bicyclic) bond motifs is 3. The Labute approximate surface area is 198 Å². The molecule has 2 aromatic rings. The first kappa shape index (κ1) is 22.6. The van der Waals surface area contributed by atoms with Crippen LogP contribution in [0.5, 0.6) is 0 Å². The van der Waals surface area contributed by atoms with Crippen molar-refractivity contribution >= 4 is 43.2 Å². The third kappa shape index (κ3) is 3.99. The maximum Gasteiger partial charge on any atom is 0.243 e. The molecule has 2 aliphatic rings. The fourth-order valence-corrected chi connectivity index (χ4v) is 6.90. The van der Waals surface area contributed by atoms with Crippen LogP contribution >= 0.6 is 27.5 Å². The molecule has 4 nitrogen and oxygen atoms in total. The van der Waals surface area contributed by atoms with E-state index in [1.807, 2.05) is 6.07 Å². The molecule has 2 atom stereocenters. The van der Waals surface area contributed by atoms with E-state index in [9.17, 15) is 8.42 Å². The van der Waals surface area contributed by atoms with Crippen molar-refractivity contribution in [1.82, 2.24) is 4.31 Å². The van der Waals surface area contributed by atoms with Crippen LogP contribution in [0.3, 0.4) is 0 Å². The molecular formula is C24H26BrClN2O2S. The van der Waals surface area contributed by atoms with Crippen LogP contribution in [0, 0.1) is 0 Å². The van der Waals surface area contributed by atoms with Crippen LogP contribution in [0.1, 0.15) is 31.2 Å². The monoisotopic (exact) mass is 520 g/mol. The first-order chi connectivity index (χ1) is 14.8. The molecule has 31 heavy (non-hydrogen) atoms. The standard InChI is InChI=1S/C24H26BrClN2O2S/c1-3-14-28(31(29,30)20-10-8-19(26)9-11-20)15-13-24-17(2)5-4-6-23(24)27-22-12-7-18(25)16-21(22)24/h3,7-12,16,23,27H,1-2,4-6,13-15H2. The van der Waals surface area contributed by atoms with Gasteiger partial charge in [0.05, 0.1) is 4.90 Å². The van der Waals surface area contributed by atoms with Gasteiger partial charge in [-0.25, -0.2) is 8.42 Å². The average Bonchev–Trinajstić information content (AvgIpc) is 3.06. The van der Waals surface area contributed by atoms with E-state index in [1.165, 1.54) is 15.4 Å². The van der Waals surface area contributed by atoms with E-state index in [0.29, 0.717) is 18.0 Å². The molecule has 7 heteroatoms. The Morgan fingerprint density at radius 2 is 2.00 bits per heavy atom. The maximum absolute atomic E-state index is 13.4. The summed E-state index contributed by atoms with van der Waals surface area (Å²) in [5.74, 6) is 0. The zero-order valence-corrected chi connectivity index (χ0v) is 20.4. The van der Waals surface area contributed by atoms with Gasteiger partial charge < -0.3 is 5.32 Å². The van der Waals surface area contributed by atoms with E-state index in [1.54, 1.807) is 30.3 Å². The van der Waals surface area contributed by atoms with Crippen molar-refractivity contribution in [3.8, 4) is 0 Å². The third-order valence-electron chi connectivity index (χ3n) is 6.53. The number of rotatable bonds is 7. The van der Waals surface area contributed by atoms with Crippen LogP contribution in [0.4, 0.5) is 5.69 Å². The second-order valence-corrected chi connectivity index (χ2v) is 11.5. The summed E-state index contributed by atoms with van der Waals surface area (Å²) in [4.78, 5) is 0.239. The zero-order chi connectivity index (χ0) is 22.2. The Bertz CT molecular complexity index is 1120. The van der Waals surface area contributed by atoms with E-state index in [-0.39, 0.29) is 22.9 Å². The summed E-state index contributed by atoms with van der Waals surface area (Å²) in [6.07, 6.45) is 5.38. The Balaban J connectivity index is 1.69. The molecule has 0 amide bonds. The van der Waals surface area contributed by atoms with Gasteiger partial charge >= 0.3 is 0 Å². The zero-order valence-electron chi connectivity index (χ0n) is 17.3. The highest BCUT2D eigenvalue weighted by atomic mass is 79.9. The Hall–Kier alpha value is -1.60. The lowest BCUT2D eigenvalue weighted by Crippen LogP contribution is -2.46. The molecule has 2 unspecified atom stereocenters. The second kappa shape index (κ2) is 8.74. The van der Waals surface area contributed by atoms with Crippen molar-refractivity contribution in [1.29, 1.82) is 0 Å². The summed E-state index contributed by atoms with van der Waals surface area (Å²) in [5.41, 5.74) is 3.22. The highest BCUT2D eigenvalue weighted by Crippen LogP contribution is 2.53. The van der Waals surface area contributed by atoms with Gasteiger partial charge in [-0.2, -0.15) is 4.31 Å². The summed E-state index contributed by atoms with van der Waals surface area (Å²) in [7, 11) is -3.67. The van der Waals surface area contributed by atoms with Crippen LogP contribution in [0.2, 0.25) is 5.02 Å². The number of halogens is 2. The molecule has 1 aliphatic heterocycles. The Morgan fingerprint density at radius 1 is 1.26 bits per heavy atom. The molecule has 1 N–H and O–H groups in total. The number of anilines is 1. The number of sulfonamides is 1. The van der Waals surface area contributed by atoms with Gasteiger partial charge in [-0.1, -0.05) is 45.8 Å². The molecule has 1 saturated carbocycles. The smallest absolute Gasteiger partial charge is 0.243 e. The van der Waals surface area contributed by atoms with Gasteiger partial charge in [-0.15, -0.1) is 6.58 Å². The minimum absolute atomic E-state index is 0.224. The average molecular weight is 522 g/mol. The van der Waals surface area contributed by atoms with E-state index < -0.39 is 10.0 Å². The normalized spacial score (nSPS) is 22.7. The second-order valence-electron chi connectivity index (χ2n) is 8.21. The van der Waals surface area contributed by atoms with Gasteiger partial charge in [0.2, 0.25) is 10.0 Å². The first-order valence-corrected chi connectivity index (χ1v) is 13.0. The molecule has 4 rings (SSSR count). The fourth-order valence-electron chi connectivity index (χ4n) is 5.00. The molecular weight excluding hydrogens is 496 g/mol. The van der Waals surface area contributed by atoms with Crippen molar-refractivity contribution in [3.05, 3.63) is 82.3 Å². The van der Waals surface area contributed by atoms with Crippen LogP contribution in [-0.4, -0.2) is 31.9 Å². The molecule has 1 heterocycles. The topological polar surface area (TPSA) is 49.4 Å². The summed E-state index contributed by atoms with van der Waals surface area (Å²) < 4.78 is 29.3. The maximum atomic E-state index is 13.4. The van der Waals surface area contributed by atoms with Crippen molar-refractivity contribution < 1.29 is 8.42 Å². The Kier molecular flexibility index (Phi) is 6.37. The van der Waals surface area contributed by atoms with Gasteiger partial charge in [-0.3, -0.25) is 0 Å². The molecule has 1 aliphatic carbocycles. The van der Waals surface area contributed by atoms with E-state index in [2.05, 4.69) is 46.5 Å². The van der Waals surface area contributed by atoms with E-state index in [4.69, 9.17) is 11.6 Å². The van der Waals surface area contributed by atoms with Gasteiger partial charge in [-0.05, 0) is 73.7 Å². The van der Waals surface area contributed by atoms with E-state index >= 15 is 0 Å². The first-order valence-electron chi connectivity index (χ1n) is 10.4. The largest absolute Gasteiger partial charge is 0.381 e. The number of benzene rings is 2. The van der Waals surface area contributed by atoms with Gasteiger partial charge in [0, 0.05) is 39.7 Å². The summed E-state index contributed by atoms with van der Waals surface area (Å²) in [6, 6.07) is 12.8. The molecule has 164 valence electrons. The van der Waals surface area contributed by atoms with E-state index in [0.717, 1.165) is 29.4 Å². The molecule has 1 fully saturated rings. The Morgan fingerprint density at radius 3 is 2.71 bits per heavy atom. The van der Waals surface area contributed by atoms with Crippen molar-refractivity contribution in [2.75, 3.05) is 18.4 Å². The number of hydrogen-bond acceptors (Lipinski definition) is 3. The minimum atomic E-state index is -3.67. The number of hydrogen-bond donors (Lipinski definition) is 1. The van der Waals surface area contributed by atoms with Gasteiger partial charge in [0.15, 0.2) is 0 Å². The highest BCUT2D eigenvalue weighted by Gasteiger charge is 2.50.